The number of hydrogen-bond donors (Lipinski definition) is 1. The summed E-state index contributed by atoms with van der Waals surface area (Å²) in [5.41, 5.74) is 0.850. The quantitative estimate of drug-likeness (QED) is 0.380. The van der Waals surface area contributed by atoms with Crippen molar-refractivity contribution in [2.24, 2.45) is 0 Å². The maximum atomic E-state index is 10.6. The van der Waals surface area contributed by atoms with Crippen LogP contribution < -0.4 is 59.1 Å². The minimum absolute atomic E-state index is 0. The van der Waals surface area contributed by atoms with Gasteiger partial charge in [0.15, 0.2) is 0 Å². The molecule has 2 aromatic rings. The fourth-order valence-electron chi connectivity index (χ4n) is 1.81. The van der Waals surface area contributed by atoms with Crippen molar-refractivity contribution < 1.29 is 90.2 Å². The molecule has 1 unspecified atom stereocenters. The first-order valence-corrected chi connectivity index (χ1v) is 9.76. The van der Waals surface area contributed by atoms with E-state index in [0.717, 1.165) is 0 Å². The first kappa shape index (κ1) is 28.4. The summed E-state index contributed by atoms with van der Waals surface area (Å²) in [4.78, 5) is 0. The van der Waals surface area contributed by atoms with Crippen molar-refractivity contribution in [3.8, 4) is 0 Å². The Bertz CT molecular complexity index is 827. The Kier molecular flexibility index (Phi) is 14.7. The molecular formula is C15H16Na2O7S2. The predicted octanol–water partition coefficient (Wildman–Crippen LogP) is -4.99. The summed E-state index contributed by atoms with van der Waals surface area (Å²) >= 11 is 0. The van der Waals surface area contributed by atoms with E-state index in [1.54, 1.807) is 48.5 Å². The zero-order valence-electron chi connectivity index (χ0n) is 14.5. The molecule has 0 amide bonds. The van der Waals surface area contributed by atoms with Gasteiger partial charge in [0.2, 0.25) is 0 Å². The Morgan fingerprint density at radius 2 is 1.23 bits per heavy atom. The summed E-state index contributed by atoms with van der Waals surface area (Å²) in [5, 5.41) is 7.38. The van der Waals surface area contributed by atoms with Gasteiger partial charge in [-0.3, -0.25) is 0 Å². The van der Waals surface area contributed by atoms with E-state index in [2.05, 4.69) is 0 Å². The van der Waals surface area contributed by atoms with Gasteiger partial charge in [-0.05, 0) is 11.1 Å². The third-order valence-corrected chi connectivity index (χ3v) is 4.68. The minimum atomic E-state index is -4.47. The molecule has 0 aliphatic carbocycles. The van der Waals surface area contributed by atoms with Crippen molar-refractivity contribution in [2.45, 2.75) is 11.0 Å². The predicted molar refractivity (Wildman–Crippen MR) is 85.8 cm³/mol. The van der Waals surface area contributed by atoms with Gasteiger partial charge in [0, 0.05) is 0 Å². The van der Waals surface area contributed by atoms with Crippen LogP contribution in [0.15, 0.2) is 60.7 Å². The van der Waals surface area contributed by atoms with Crippen LogP contribution in [0.4, 0.5) is 0 Å². The van der Waals surface area contributed by atoms with E-state index in [1.165, 1.54) is 12.1 Å². The van der Waals surface area contributed by atoms with Gasteiger partial charge in [0.05, 0.1) is 27.7 Å². The molecule has 0 aliphatic rings. The SMILES string of the molecule is O=S(=O)([O-])C(CO)c1ccccc1.O=S(=O)([O-])Cc1ccccc1.[Na+].[Na+]. The second-order valence-electron chi connectivity index (χ2n) is 4.76. The van der Waals surface area contributed by atoms with E-state index in [0.29, 0.717) is 11.1 Å². The summed E-state index contributed by atoms with van der Waals surface area (Å²) in [5.74, 6) is -0.423. The monoisotopic (exact) mass is 418 g/mol. The molecule has 2 rings (SSSR count). The largest absolute Gasteiger partial charge is 1.00 e. The fraction of sp³-hybridized carbons (Fsp3) is 0.200. The molecule has 2 aromatic carbocycles. The molecule has 1 N–H and O–H groups in total. The second kappa shape index (κ2) is 13.4. The minimum Gasteiger partial charge on any atom is -0.748 e. The summed E-state index contributed by atoms with van der Waals surface area (Å²) in [6, 6.07) is 16.3. The summed E-state index contributed by atoms with van der Waals surface area (Å²) < 4.78 is 62.7. The third-order valence-electron chi connectivity index (χ3n) is 2.87. The van der Waals surface area contributed by atoms with Gasteiger partial charge in [-0.25, -0.2) is 16.8 Å². The fourth-order valence-corrected chi connectivity index (χ4v) is 3.08. The molecule has 0 aliphatic heterocycles. The van der Waals surface area contributed by atoms with E-state index >= 15 is 0 Å². The molecule has 0 radical (unpaired) electrons. The van der Waals surface area contributed by atoms with Gasteiger partial charge in [-0.15, -0.1) is 0 Å². The van der Waals surface area contributed by atoms with Crippen molar-refractivity contribution in [2.75, 3.05) is 6.61 Å². The zero-order valence-corrected chi connectivity index (χ0v) is 20.1. The van der Waals surface area contributed by atoms with Crippen LogP contribution >= 0.6 is 0 Å². The number of aliphatic hydroxyl groups excluding tert-OH is 1. The van der Waals surface area contributed by atoms with Crippen LogP contribution in [0.1, 0.15) is 16.4 Å². The van der Waals surface area contributed by atoms with E-state index in [-0.39, 0.29) is 59.1 Å². The summed E-state index contributed by atoms with van der Waals surface area (Å²) in [6.45, 7) is -0.685. The molecular weight excluding hydrogens is 402 g/mol. The molecule has 0 bridgehead atoms. The van der Waals surface area contributed by atoms with Gasteiger partial charge >= 0.3 is 59.1 Å². The number of hydrogen-bond acceptors (Lipinski definition) is 7. The topological polar surface area (TPSA) is 135 Å². The van der Waals surface area contributed by atoms with Crippen LogP contribution in [0, 0.1) is 0 Å². The molecule has 7 nitrogen and oxygen atoms in total. The van der Waals surface area contributed by atoms with Crippen LogP contribution in [0.2, 0.25) is 0 Å². The van der Waals surface area contributed by atoms with Crippen LogP contribution in [0.5, 0.6) is 0 Å². The van der Waals surface area contributed by atoms with E-state index in [9.17, 15) is 25.9 Å². The maximum Gasteiger partial charge on any atom is 1.00 e. The van der Waals surface area contributed by atoms with Gasteiger partial charge in [-0.2, -0.15) is 0 Å². The van der Waals surface area contributed by atoms with Crippen molar-refractivity contribution in [3.63, 3.8) is 0 Å². The van der Waals surface area contributed by atoms with E-state index in [1.807, 2.05) is 0 Å². The molecule has 26 heavy (non-hydrogen) atoms. The first-order chi connectivity index (χ1) is 11.1. The van der Waals surface area contributed by atoms with Crippen molar-refractivity contribution in [1.29, 1.82) is 0 Å². The van der Waals surface area contributed by atoms with Crippen LogP contribution in [-0.2, 0) is 26.0 Å². The van der Waals surface area contributed by atoms with Crippen molar-refractivity contribution >= 4 is 20.2 Å². The Labute approximate surface area is 197 Å². The summed E-state index contributed by atoms with van der Waals surface area (Å²) in [7, 11) is -8.60. The number of rotatable bonds is 5. The normalized spacial score (nSPS) is 11.8. The molecule has 132 valence electrons. The van der Waals surface area contributed by atoms with Crippen LogP contribution in [-0.4, -0.2) is 37.7 Å². The van der Waals surface area contributed by atoms with Gasteiger partial charge < -0.3 is 14.2 Å². The first-order valence-electron chi connectivity index (χ1n) is 6.71. The average Bonchev–Trinajstić information content (AvgIpc) is 2.47. The second-order valence-corrected chi connectivity index (χ2v) is 7.72. The van der Waals surface area contributed by atoms with Gasteiger partial charge in [0.25, 0.3) is 0 Å². The Hall–Kier alpha value is 0.220. The zero-order chi connectivity index (χ0) is 18.2. The molecule has 0 saturated heterocycles. The Balaban J connectivity index is 0. The van der Waals surface area contributed by atoms with Crippen LogP contribution in [0.25, 0.3) is 0 Å². The maximum absolute atomic E-state index is 10.6. The van der Waals surface area contributed by atoms with Crippen LogP contribution in [0.3, 0.4) is 0 Å². The average molecular weight is 418 g/mol. The molecule has 11 heteroatoms. The molecule has 0 saturated carbocycles. The Morgan fingerprint density at radius 3 is 1.58 bits per heavy atom. The standard InChI is InChI=1S/C8H10O4S.C7H8O3S.2Na/c9-6-8(13(10,11)12)7-4-2-1-3-5-7;8-11(9,10)6-7-4-2-1-3-5-7;;/h1-5,8-9H,6H2,(H,10,11,12);1-5H,6H2,(H,8,9,10);;/q;;2*+1/p-2. The smallest absolute Gasteiger partial charge is 0.748 e. The molecule has 0 heterocycles. The van der Waals surface area contributed by atoms with E-state index in [4.69, 9.17) is 5.11 Å². The summed E-state index contributed by atoms with van der Waals surface area (Å²) in [6.07, 6.45) is 0. The molecule has 0 spiro atoms. The number of aliphatic hydroxyl groups is 1. The molecule has 0 fully saturated rings. The van der Waals surface area contributed by atoms with Crippen molar-refractivity contribution in [3.05, 3.63) is 71.8 Å². The van der Waals surface area contributed by atoms with Gasteiger partial charge in [-0.1, -0.05) is 60.7 Å². The molecule has 0 aromatic heterocycles. The third kappa shape index (κ3) is 11.8. The Morgan fingerprint density at radius 1 is 0.808 bits per heavy atom. The van der Waals surface area contributed by atoms with E-state index < -0.39 is 37.8 Å². The van der Waals surface area contributed by atoms with Crippen molar-refractivity contribution in [1.82, 2.24) is 0 Å². The molecule has 1 atom stereocenters. The number of benzene rings is 2. The van der Waals surface area contributed by atoms with Gasteiger partial charge in [0.1, 0.15) is 10.1 Å².